The number of halogens is 4. The number of carbonyl (C=O) groups excluding carboxylic acids is 1. The fourth-order valence-electron chi connectivity index (χ4n) is 1.09. The van der Waals surface area contributed by atoms with E-state index in [4.69, 9.17) is 11.6 Å². The maximum atomic E-state index is 13.3. The van der Waals surface area contributed by atoms with Crippen molar-refractivity contribution in [2.45, 2.75) is 12.8 Å². The van der Waals surface area contributed by atoms with Crippen LogP contribution in [0.3, 0.4) is 0 Å². The highest BCUT2D eigenvalue weighted by Crippen LogP contribution is 2.29. The molecule has 0 aliphatic carbocycles. The van der Waals surface area contributed by atoms with Crippen molar-refractivity contribution >= 4 is 17.6 Å². The molecule has 0 fully saturated rings. The number of aromatic nitrogens is 1. The molecule has 0 amide bonds. The van der Waals surface area contributed by atoms with E-state index in [0.29, 0.717) is 0 Å². The van der Waals surface area contributed by atoms with Gasteiger partial charge in [0.2, 0.25) is 0 Å². The molecule has 0 spiro atoms. The highest BCUT2D eigenvalue weighted by molar-refractivity contribution is 6.30. The first kappa shape index (κ1) is 12.8. The lowest BCUT2D eigenvalue weighted by Gasteiger charge is -2.08. The Hall–Kier alpha value is -1.30. The van der Waals surface area contributed by atoms with E-state index in [1.54, 1.807) is 0 Å². The van der Waals surface area contributed by atoms with Gasteiger partial charge in [0, 0.05) is 6.20 Å². The van der Waals surface area contributed by atoms with Gasteiger partial charge in [-0.25, -0.2) is 13.2 Å². The van der Waals surface area contributed by atoms with Gasteiger partial charge in [-0.05, 0) is 0 Å². The summed E-state index contributed by atoms with van der Waals surface area (Å²) in [7, 11) is 1.09. The SMILES string of the molecule is COC(=O)Cc1ncc(Cl)c(F)c1C(F)F. The van der Waals surface area contributed by atoms with Crippen LogP contribution in [0.25, 0.3) is 0 Å². The van der Waals surface area contributed by atoms with Crippen molar-refractivity contribution in [3.63, 3.8) is 0 Å². The summed E-state index contributed by atoms with van der Waals surface area (Å²) in [5.74, 6) is -2.04. The number of pyridine rings is 1. The van der Waals surface area contributed by atoms with E-state index in [1.807, 2.05) is 0 Å². The van der Waals surface area contributed by atoms with Gasteiger partial charge in [0.1, 0.15) is 0 Å². The van der Waals surface area contributed by atoms with E-state index in [9.17, 15) is 18.0 Å². The van der Waals surface area contributed by atoms with Crippen molar-refractivity contribution in [2.24, 2.45) is 0 Å². The monoisotopic (exact) mass is 253 g/mol. The largest absolute Gasteiger partial charge is 0.469 e. The van der Waals surface area contributed by atoms with E-state index in [0.717, 1.165) is 13.3 Å². The standard InChI is InChI=1S/C9H7ClF3NO2/c1-16-6(15)2-5-7(9(12)13)8(11)4(10)3-14-5/h3,9H,2H2,1H3. The van der Waals surface area contributed by atoms with E-state index in [1.165, 1.54) is 0 Å². The molecule has 0 atom stereocenters. The summed E-state index contributed by atoms with van der Waals surface area (Å²) in [4.78, 5) is 14.4. The van der Waals surface area contributed by atoms with E-state index in [2.05, 4.69) is 9.72 Å². The molecular formula is C9H7ClF3NO2. The lowest BCUT2D eigenvalue weighted by molar-refractivity contribution is -0.139. The van der Waals surface area contributed by atoms with Gasteiger partial charge in [-0.3, -0.25) is 9.78 Å². The number of nitrogens with zero attached hydrogens (tertiary/aromatic N) is 1. The summed E-state index contributed by atoms with van der Waals surface area (Å²) in [5.41, 5.74) is -1.33. The van der Waals surface area contributed by atoms with Crippen LogP contribution in [0.5, 0.6) is 0 Å². The van der Waals surface area contributed by atoms with Crippen molar-refractivity contribution in [1.82, 2.24) is 4.98 Å². The third-order valence-electron chi connectivity index (χ3n) is 1.85. The summed E-state index contributed by atoms with van der Waals surface area (Å²) in [6.45, 7) is 0. The minimum absolute atomic E-state index is 0.372. The Morgan fingerprint density at radius 2 is 2.25 bits per heavy atom. The average molecular weight is 254 g/mol. The minimum Gasteiger partial charge on any atom is -0.469 e. The molecule has 1 heterocycles. The number of alkyl halides is 2. The molecule has 3 nitrogen and oxygen atoms in total. The van der Waals surface area contributed by atoms with Crippen molar-refractivity contribution in [2.75, 3.05) is 7.11 Å². The Balaban J connectivity index is 3.18. The number of hydrogen-bond donors (Lipinski definition) is 0. The fourth-order valence-corrected chi connectivity index (χ4v) is 1.24. The molecule has 0 unspecified atom stereocenters. The maximum Gasteiger partial charge on any atom is 0.311 e. The van der Waals surface area contributed by atoms with E-state index < -0.39 is 35.2 Å². The predicted molar refractivity (Wildman–Crippen MR) is 49.9 cm³/mol. The number of esters is 1. The molecule has 0 aliphatic rings. The lowest BCUT2D eigenvalue weighted by Crippen LogP contribution is -2.10. The van der Waals surface area contributed by atoms with Crippen molar-refractivity contribution in [3.05, 3.63) is 28.3 Å². The predicted octanol–water partition coefficient (Wildman–Crippen LogP) is 2.53. The first-order valence-electron chi connectivity index (χ1n) is 4.15. The Kier molecular flexibility index (Phi) is 4.12. The Morgan fingerprint density at radius 3 is 2.75 bits per heavy atom. The first-order valence-corrected chi connectivity index (χ1v) is 4.53. The third kappa shape index (κ3) is 2.63. The topological polar surface area (TPSA) is 39.2 Å². The summed E-state index contributed by atoms with van der Waals surface area (Å²) >= 11 is 5.31. The number of ether oxygens (including phenoxy) is 1. The number of methoxy groups -OCH3 is 1. The molecule has 0 N–H and O–H groups in total. The molecule has 0 radical (unpaired) electrons. The average Bonchev–Trinajstić information content (AvgIpc) is 2.23. The van der Waals surface area contributed by atoms with Gasteiger partial charge in [-0.15, -0.1) is 0 Å². The van der Waals surface area contributed by atoms with Crippen molar-refractivity contribution < 1.29 is 22.7 Å². The molecule has 1 aromatic heterocycles. The molecule has 0 aliphatic heterocycles. The van der Waals surface area contributed by atoms with Crippen LogP contribution >= 0.6 is 11.6 Å². The molecule has 0 bridgehead atoms. The Labute approximate surface area is 94.2 Å². The second kappa shape index (κ2) is 5.16. The number of hydrogen-bond acceptors (Lipinski definition) is 3. The van der Waals surface area contributed by atoms with E-state index >= 15 is 0 Å². The van der Waals surface area contributed by atoms with Crippen LogP contribution < -0.4 is 0 Å². The van der Waals surface area contributed by atoms with Gasteiger partial charge in [0.25, 0.3) is 6.43 Å². The lowest BCUT2D eigenvalue weighted by atomic mass is 10.1. The maximum absolute atomic E-state index is 13.3. The molecule has 0 saturated heterocycles. The Bertz CT molecular complexity index is 412. The van der Waals surface area contributed by atoms with Crippen LogP contribution in [0, 0.1) is 5.82 Å². The van der Waals surface area contributed by atoms with Gasteiger partial charge < -0.3 is 4.74 Å². The highest BCUT2D eigenvalue weighted by atomic mass is 35.5. The minimum atomic E-state index is -3.09. The first-order chi connectivity index (χ1) is 7.47. The molecule has 1 rings (SSSR count). The normalized spacial score (nSPS) is 10.6. The molecule has 16 heavy (non-hydrogen) atoms. The zero-order valence-corrected chi connectivity index (χ0v) is 8.89. The van der Waals surface area contributed by atoms with Crippen LogP contribution in [0.2, 0.25) is 5.02 Å². The van der Waals surface area contributed by atoms with Gasteiger partial charge in [0.05, 0.1) is 29.8 Å². The molecule has 0 saturated carbocycles. The van der Waals surface area contributed by atoms with Crippen LogP contribution in [0.1, 0.15) is 17.7 Å². The van der Waals surface area contributed by atoms with Crippen molar-refractivity contribution in [1.29, 1.82) is 0 Å². The highest BCUT2D eigenvalue weighted by Gasteiger charge is 2.23. The van der Waals surface area contributed by atoms with Gasteiger partial charge in [0.15, 0.2) is 5.82 Å². The summed E-state index contributed by atoms with van der Waals surface area (Å²) < 4.78 is 42.6. The summed E-state index contributed by atoms with van der Waals surface area (Å²) in [5, 5.41) is -0.510. The van der Waals surface area contributed by atoms with Crippen LogP contribution in [-0.4, -0.2) is 18.1 Å². The molecule has 0 aromatic carbocycles. The van der Waals surface area contributed by atoms with Gasteiger partial charge >= 0.3 is 5.97 Å². The second-order valence-corrected chi connectivity index (χ2v) is 3.24. The third-order valence-corrected chi connectivity index (χ3v) is 2.11. The zero-order chi connectivity index (χ0) is 12.3. The number of rotatable bonds is 3. The van der Waals surface area contributed by atoms with Crippen molar-refractivity contribution in [3.8, 4) is 0 Å². The van der Waals surface area contributed by atoms with Crippen LogP contribution in [0.15, 0.2) is 6.20 Å². The smallest absolute Gasteiger partial charge is 0.311 e. The summed E-state index contributed by atoms with van der Waals surface area (Å²) in [6.07, 6.45) is -2.74. The quantitative estimate of drug-likeness (QED) is 0.777. The Morgan fingerprint density at radius 1 is 1.62 bits per heavy atom. The molecular weight excluding hydrogens is 247 g/mol. The van der Waals surface area contributed by atoms with Gasteiger partial charge in [-0.2, -0.15) is 0 Å². The van der Waals surface area contributed by atoms with Gasteiger partial charge in [-0.1, -0.05) is 11.6 Å². The number of carbonyl (C=O) groups is 1. The molecule has 1 aromatic rings. The fraction of sp³-hybridized carbons (Fsp3) is 0.333. The van der Waals surface area contributed by atoms with Crippen LogP contribution in [-0.2, 0) is 16.0 Å². The zero-order valence-electron chi connectivity index (χ0n) is 8.14. The summed E-state index contributed by atoms with van der Waals surface area (Å²) in [6, 6.07) is 0. The molecule has 7 heteroatoms. The van der Waals surface area contributed by atoms with E-state index in [-0.39, 0.29) is 5.69 Å². The second-order valence-electron chi connectivity index (χ2n) is 2.83. The molecule has 88 valence electrons. The van der Waals surface area contributed by atoms with Crippen LogP contribution in [0.4, 0.5) is 13.2 Å².